The molecule has 126 valence electrons. The number of carbonyl (C=O) groups excluding carboxylic acids is 1. The first-order valence-electron chi connectivity index (χ1n) is 8.20. The van der Waals surface area contributed by atoms with E-state index < -0.39 is 0 Å². The smallest absolute Gasteiger partial charge is 0.256 e. The van der Waals surface area contributed by atoms with E-state index in [1.54, 1.807) is 19.5 Å². The van der Waals surface area contributed by atoms with Gasteiger partial charge in [0.05, 0.1) is 18.4 Å². The highest BCUT2D eigenvalue weighted by Crippen LogP contribution is 2.27. The monoisotopic (exact) mass is 326 g/mol. The van der Waals surface area contributed by atoms with Crippen LogP contribution in [0.5, 0.6) is 5.75 Å². The van der Waals surface area contributed by atoms with E-state index >= 15 is 0 Å². The number of piperidine rings is 1. The summed E-state index contributed by atoms with van der Waals surface area (Å²) in [5.41, 5.74) is 2.43. The first-order chi connectivity index (χ1) is 11.7. The van der Waals surface area contributed by atoms with Crippen molar-refractivity contribution in [2.45, 2.75) is 26.2 Å². The summed E-state index contributed by atoms with van der Waals surface area (Å²) in [6, 6.07) is 5.84. The lowest BCUT2D eigenvalue weighted by molar-refractivity contribution is 0.0723. The molecule has 1 aromatic carbocycles. The summed E-state index contributed by atoms with van der Waals surface area (Å²) in [6.07, 6.45) is 6.49. The van der Waals surface area contributed by atoms with Gasteiger partial charge in [-0.2, -0.15) is 0 Å². The van der Waals surface area contributed by atoms with Gasteiger partial charge in [-0.25, -0.2) is 9.97 Å². The van der Waals surface area contributed by atoms with Crippen molar-refractivity contribution in [3.8, 4) is 5.75 Å². The van der Waals surface area contributed by atoms with Crippen molar-refractivity contribution in [3.63, 3.8) is 0 Å². The van der Waals surface area contributed by atoms with Crippen LogP contribution in [-0.4, -0.2) is 41.0 Å². The Hall–Kier alpha value is -2.63. The SMILES string of the molecule is COc1ccc(C)cc1Nc1ncc(C(=O)N2CCCCC2)cn1. The quantitative estimate of drug-likeness (QED) is 0.935. The van der Waals surface area contributed by atoms with Gasteiger partial charge in [0.2, 0.25) is 5.95 Å². The van der Waals surface area contributed by atoms with E-state index in [-0.39, 0.29) is 5.91 Å². The first-order valence-corrected chi connectivity index (χ1v) is 8.20. The molecular formula is C18H22N4O2. The zero-order valence-corrected chi connectivity index (χ0v) is 14.1. The molecular weight excluding hydrogens is 304 g/mol. The lowest BCUT2D eigenvalue weighted by atomic mass is 10.1. The number of nitrogens with one attached hydrogen (secondary N) is 1. The van der Waals surface area contributed by atoms with Crippen LogP contribution in [0.3, 0.4) is 0 Å². The molecule has 3 rings (SSSR count). The second kappa shape index (κ2) is 7.29. The number of nitrogens with zero attached hydrogens (tertiary/aromatic N) is 3. The van der Waals surface area contributed by atoms with Crippen LogP contribution in [0, 0.1) is 6.92 Å². The Kier molecular flexibility index (Phi) is 4.93. The van der Waals surface area contributed by atoms with E-state index in [1.807, 2.05) is 30.0 Å². The van der Waals surface area contributed by atoms with Gasteiger partial charge < -0.3 is 15.0 Å². The number of amides is 1. The number of methoxy groups -OCH3 is 1. The molecule has 1 saturated heterocycles. The first kappa shape index (κ1) is 16.2. The lowest BCUT2D eigenvalue weighted by Crippen LogP contribution is -2.35. The van der Waals surface area contributed by atoms with Crippen molar-refractivity contribution in [2.24, 2.45) is 0 Å². The van der Waals surface area contributed by atoms with Gasteiger partial charge >= 0.3 is 0 Å². The second-order valence-corrected chi connectivity index (χ2v) is 5.98. The van der Waals surface area contributed by atoms with Crippen LogP contribution in [0.25, 0.3) is 0 Å². The molecule has 6 nitrogen and oxygen atoms in total. The minimum atomic E-state index is 0.00869. The Morgan fingerprint density at radius 2 is 1.88 bits per heavy atom. The van der Waals surface area contributed by atoms with Crippen LogP contribution in [0.4, 0.5) is 11.6 Å². The number of hydrogen-bond donors (Lipinski definition) is 1. The van der Waals surface area contributed by atoms with Gasteiger partial charge in [-0.1, -0.05) is 6.07 Å². The molecule has 1 fully saturated rings. The van der Waals surface area contributed by atoms with Crippen LogP contribution in [-0.2, 0) is 0 Å². The molecule has 1 aliphatic heterocycles. The van der Waals surface area contributed by atoms with Crippen LogP contribution < -0.4 is 10.1 Å². The Morgan fingerprint density at radius 1 is 1.17 bits per heavy atom. The average Bonchev–Trinajstić information content (AvgIpc) is 2.63. The number of hydrogen-bond acceptors (Lipinski definition) is 5. The lowest BCUT2D eigenvalue weighted by Gasteiger charge is -2.26. The van der Waals surface area contributed by atoms with Crippen LogP contribution in [0.15, 0.2) is 30.6 Å². The zero-order chi connectivity index (χ0) is 16.9. The van der Waals surface area contributed by atoms with E-state index in [2.05, 4.69) is 15.3 Å². The topological polar surface area (TPSA) is 67.3 Å². The molecule has 0 radical (unpaired) electrons. The maximum Gasteiger partial charge on any atom is 0.256 e. The third-order valence-corrected chi connectivity index (χ3v) is 4.14. The summed E-state index contributed by atoms with van der Waals surface area (Å²) in [5.74, 6) is 1.17. The summed E-state index contributed by atoms with van der Waals surface area (Å²) >= 11 is 0. The van der Waals surface area contributed by atoms with Gasteiger partial charge in [0.25, 0.3) is 5.91 Å². The Labute approximate surface area is 141 Å². The number of benzene rings is 1. The molecule has 24 heavy (non-hydrogen) atoms. The van der Waals surface area contributed by atoms with Gasteiger partial charge in [-0.15, -0.1) is 0 Å². The van der Waals surface area contributed by atoms with Gasteiger partial charge in [-0.05, 0) is 43.9 Å². The normalized spacial score (nSPS) is 14.3. The third kappa shape index (κ3) is 3.64. The Morgan fingerprint density at radius 3 is 2.54 bits per heavy atom. The molecule has 0 bridgehead atoms. The molecule has 0 aliphatic carbocycles. The molecule has 1 N–H and O–H groups in total. The molecule has 2 heterocycles. The average molecular weight is 326 g/mol. The highest BCUT2D eigenvalue weighted by atomic mass is 16.5. The van der Waals surface area contributed by atoms with Gasteiger partial charge in [0, 0.05) is 25.5 Å². The number of carbonyl (C=O) groups is 1. The molecule has 6 heteroatoms. The zero-order valence-electron chi connectivity index (χ0n) is 14.1. The minimum Gasteiger partial charge on any atom is -0.495 e. The largest absolute Gasteiger partial charge is 0.495 e. The van der Waals surface area contributed by atoms with Crippen molar-refractivity contribution in [2.75, 3.05) is 25.5 Å². The highest BCUT2D eigenvalue weighted by molar-refractivity contribution is 5.93. The van der Waals surface area contributed by atoms with Crippen molar-refractivity contribution < 1.29 is 9.53 Å². The number of aromatic nitrogens is 2. The van der Waals surface area contributed by atoms with E-state index in [9.17, 15) is 4.79 Å². The summed E-state index contributed by atoms with van der Waals surface area (Å²) in [4.78, 5) is 22.8. The molecule has 1 aliphatic rings. The molecule has 1 amide bonds. The standard InChI is InChI=1S/C18H22N4O2/c1-13-6-7-16(24-2)15(10-13)21-18-19-11-14(12-20-18)17(23)22-8-4-3-5-9-22/h6-7,10-12H,3-5,8-9H2,1-2H3,(H,19,20,21). The van der Waals surface area contributed by atoms with Crippen molar-refractivity contribution in [3.05, 3.63) is 41.7 Å². The fourth-order valence-electron chi connectivity index (χ4n) is 2.82. The van der Waals surface area contributed by atoms with Gasteiger partial charge in [0.1, 0.15) is 5.75 Å². The van der Waals surface area contributed by atoms with Gasteiger partial charge in [-0.3, -0.25) is 4.79 Å². The molecule has 1 aromatic heterocycles. The summed E-state index contributed by atoms with van der Waals surface area (Å²) < 4.78 is 5.33. The number of ether oxygens (including phenoxy) is 1. The molecule has 0 spiro atoms. The Bertz CT molecular complexity index is 709. The summed E-state index contributed by atoms with van der Waals surface area (Å²) in [5, 5.41) is 3.14. The Balaban J connectivity index is 1.73. The predicted octanol–water partition coefficient (Wildman–Crippen LogP) is 3.16. The van der Waals surface area contributed by atoms with Crippen molar-refractivity contribution in [1.29, 1.82) is 0 Å². The number of aryl methyl sites for hydroxylation is 1. The molecule has 0 atom stereocenters. The van der Waals surface area contributed by atoms with E-state index in [0.717, 1.165) is 42.9 Å². The predicted molar refractivity (Wildman–Crippen MR) is 92.8 cm³/mol. The number of anilines is 2. The van der Waals surface area contributed by atoms with E-state index in [0.29, 0.717) is 11.5 Å². The maximum absolute atomic E-state index is 12.4. The van der Waals surface area contributed by atoms with E-state index in [1.165, 1.54) is 6.42 Å². The van der Waals surface area contributed by atoms with Crippen LogP contribution in [0.2, 0.25) is 0 Å². The molecule has 2 aromatic rings. The van der Waals surface area contributed by atoms with Crippen LogP contribution >= 0.6 is 0 Å². The minimum absolute atomic E-state index is 0.00869. The maximum atomic E-state index is 12.4. The fraction of sp³-hybridized carbons (Fsp3) is 0.389. The van der Waals surface area contributed by atoms with Crippen LogP contribution in [0.1, 0.15) is 35.2 Å². The second-order valence-electron chi connectivity index (χ2n) is 5.98. The fourth-order valence-corrected chi connectivity index (χ4v) is 2.82. The number of likely N-dealkylation sites (tertiary alicyclic amines) is 1. The number of rotatable bonds is 4. The van der Waals surface area contributed by atoms with Crippen molar-refractivity contribution in [1.82, 2.24) is 14.9 Å². The van der Waals surface area contributed by atoms with Crippen molar-refractivity contribution >= 4 is 17.5 Å². The third-order valence-electron chi connectivity index (χ3n) is 4.14. The molecule has 0 saturated carbocycles. The van der Waals surface area contributed by atoms with Gasteiger partial charge in [0.15, 0.2) is 0 Å². The van der Waals surface area contributed by atoms with E-state index in [4.69, 9.17) is 4.74 Å². The molecule has 0 unspecified atom stereocenters. The highest BCUT2D eigenvalue weighted by Gasteiger charge is 2.18. The summed E-state index contributed by atoms with van der Waals surface area (Å²) in [6.45, 7) is 3.64. The summed E-state index contributed by atoms with van der Waals surface area (Å²) in [7, 11) is 1.62.